The van der Waals surface area contributed by atoms with Crippen LogP contribution >= 0.6 is 0 Å². The first-order valence-electron chi connectivity index (χ1n) is 5.52. The maximum atomic E-state index is 5.78. The predicted octanol–water partition coefficient (Wildman–Crippen LogP) is 1.90. The zero-order chi connectivity index (χ0) is 9.47. The summed E-state index contributed by atoms with van der Waals surface area (Å²) in [5.74, 6) is 0.833. The van der Waals surface area contributed by atoms with Crippen molar-refractivity contribution >= 4 is 0 Å². The molecule has 0 N–H and O–H groups in total. The number of fused-ring (bicyclic) bond motifs is 1. The van der Waals surface area contributed by atoms with Crippen molar-refractivity contribution in [1.29, 1.82) is 0 Å². The van der Waals surface area contributed by atoms with Gasteiger partial charge in [0.15, 0.2) is 0 Å². The van der Waals surface area contributed by atoms with Gasteiger partial charge in [-0.3, -0.25) is 4.90 Å². The molecule has 2 nitrogen and oxygen atoms in total. The first-order chi connectivity index (χ1) is 6.15. The molecule has 2 aliphatic rings. The van der Waals surface area contributed by atoms with Gasteiger partial charge in [0.25, 0.3) is 0 Å². The molecule has 2 heteroatoms. The Kier molecular flexibility index (Phi) is 2.37. The van der Waals surface area contributed by atoms with E-state index in [2.05, 4.69) is 25.7 Å². The van der Waals surface area contributed by atoms with E-state index in [4.69, 9.17) is 4.74 Å². The number of nitrogens with zero attached hydrogens (tertiary/aromatic N) is 1. The smallest absolute Gasteiger partial charge is 0.0657 e. The fraction of sp³-hybridized carbons (Fsp3) is 1.00. The van der Waals surface area contributed by atoms with Crippen molar-refractivity contribution in [3.63, 3.8) is 0 Å². The zero-order valence-corrected chi connectivity index (χ0v) is 9.05. The standard InChI is InChI=1S/C11H21NO/c1-9(2)13-8-11-5-7-12(11)6-4-10(11)3/h9-10H,4-8H2,1-3H3/t10-,11+/m1/s1. The Hall–Kier alpha value is -0.0800. The summed E-state index contributed by atoms with van der Waals surface area (Å²) in [6, 6.07) is 0. The van der Waals surface area contributed by atoms with E-state index in [1.54, 1.807) is 0 Å². The topological polar surface area (TPSA) is 12.5 Å². The Bertz CT molecular complexity index is 185. The Morgan fingerprint density at radius 1 is 1.46 bits per heavy atom. The Morgan fingerprint density at radius 2 is 2.23 bits per heavy atom. The van der Waals surface area contributed by atoms with E-state index in [9.17, 15) is 0 Å². The molecule has 0 bridgehead atoms. The van der Waals surface area contributed by atoms with E-state index >= 15 is 0 Å². The fourth-order valence-corrected chi connectivity index (χ4v) is 2.68. The molecule has 13 heavy (non-hydrogen) atoms. The highest BCUT2D eigenvalue weighted by atomic mass is 16.5. The highest BCUT2D eigenvalue weighted by Gasteiger charge is 2.52. The Labute approximate surface area is 81.3 Å². The lowest BCUT2D eigenvalue weighted by molar-refractivity contribution is -0.0820. The van der Waals surface area contributed by atoms with Crippen LogP contribution in [-0.4, -0.2) is 36.2 Å². The van der Waals surface area contributed by atoms with Crippen LogP contribution in [0.4, 0.5) is 0 Å². The summed E-state index contributed by atoms with van der Waals surface area (Å²) in [5, 5.41) is 0. The molecule has 0 aromatic carbocycles. The van der Waals surface area contributed by atoms with Gasteiger partial charge < -0.3 is 4.74 Å². The van der Waals surface area contributed by atoms with Gasteiger partial charge in [0.2, 0.25) is 0 Å². The first kappa shape index (κ1) is 9.47. The van der Waals surface area contributed by atoms with Crippen molar-refractivity contribution in [2.75, 3.05) is 19.7 Å². The molecule has 0 aromatic rings. The molecule has 2 fully saturated rings. The molecule has 0 amide bonds. The molecule has 2 heterocycles. The average Bonchev–Trinajstić information content (AvgIpc) is 2.21. The summed E-state index contributed by atoms with van der Waals surface area (Å²) in [5.41, 5.74) is 0.435. The van der Waals surface area contributed by atoms with E-state index in [0.29, 0.717) is 11.6 Å². The van der Waals surface area contributed by atoms with Crippen molar-refractivity contribution in [1.82, 2.24) is 4.90 Å². The van der Waals surface area contributed by atoms with Gasteiger partial charge in [0.05, 0.1) is 12.7 Å². The van der Waals surface area contributed by atoms with Gasteiger partial charge in [-0.15, -0.1) is 0 Å². The third-order valence-corrected chi connectivity index (χ3v) is 3.86. The van der Waals surface area contributed by atoms with Crippen LogP contribution in [0.25, 0.3) is 0 Å². The molecule has 2 atom stereocenters. The number of hydrogen-bond donors (Lipinski definition) is 0. The summed E-state index contributed by atoms with van der Waals surface area (Å²) in [4.78, 5) is 2.61. The van der Waals surface area contributed by atoms with Crippen molar-refractivity contribution < 1.29 is 4.74 Å². The summed E-state index contributed by atoms with van der Waals surface area (Å²) in [7, 11) is 0. The maximum absolute atomic E-state index is 5.78. The lowest BCUT2D eigenvalue weighted by Crippen LogP contribution is -2.61. The summed E-state index contributed by atoms with van der Waals surface area (Å²) in [6.45, 7) is 10.2. The van der Waals surface area contributed by atoms with Gasteiger partial charge in [0, 0.05) is 12.1 Å². The molecular weight excluding hydrogens is 162 g/mol. The maximum Gasteiger partial charge on any atom is 0.0657 e. The predicted molar refractivity (Wildman–Crippen MR) is 53.8 cm³/mol. The van der Waals surface area contributed by atoms with Crippen molar-refractivity contribution in [2.45, 2.75) is 45.3 Å². The molecule has 0 spiro atoms. The van der Waals surface area contributed by atoms with Gasteiger partial charge in [-0.1, -0.05) is 6.92 Å². The number of rotatable bonds is 3. The molecule has 0 saturated carbocycles. The van der Waals surface area contributed by atoms with Gasteiger partial charge in [-0.25, -0.2) is 0 Å². The second-order valence-electron chi connectivity index (χ2n) is 4.89. The highest BCUT2D eigenvalue weighted by molar-refractivity contribution is 5.07. The largest absolute Gasteiger partial charge is 0.377 e. The summed E-state index contributed by atoms with van der Waals surface area (Å²) >= 11 is 0. The minimum Gasteiger partial charge on any atom is -0.377 e. The third-order valence-electron chi connectivity index (χ3n) is 3.86. The summed E-state index contributed by atoms with van der Waals surface area (Å²) < 4.78 is 5.78. The van der Waals surface area contributed by atoms with Crippen LogP contribution in [0.3, 0.4) is 0 Å². The van der Waals surface area contributed by atoms with Crippen LogP contribution in [0.1, 0.15) is 33.6 Å². The molecule has 0 unspecified atom stereocenters. The van der Waals surface area contributed by atoms with E-state index in [1.807, 2.05) is 0 Å². The van der Waals surface area contributed by atoms with Crippen molar-refractivity contribution in [3.8, 4) is 0 Å². The van der Waals surface area contributed by atoms with Crippen LogP contribution in [0.15, 0.2) is 0 Å². The van der Waals surface area contributed by atoms with Gasteiger partial charge in [-0.05, 0) is 39.2 Å². The average molecular weight is 183 g/mol. The minimum atomic E-state index is 0.379. The molecule has 2 rings (SSSR count). The van der Waals surface area contributed by atoms with Gasteiger partial charge in [0.1, 0.15) is 0 Å². The second kappa shape index (κ2) is 3.25. The van der Waals surface area contributed by atoms with Crippen LogP contribution in [0.5, 0.6) is 0 Å². The van der Waals surface area contributed by atoms with Crippen LogP contribution < -0.4 is 0 Å². The van der Waals surface area contributed by atoms with Gasteiger partial charge >= 0.3 is 0 Å². The normalized spacial score (nSPS) is 39.2. The highest BCUT2D eigenvalue weighted by Crippen LogP contribution is 2.44. The van der Waals surface area contributed by atoms with Crippen LogP contribution in [0, 0.1) is 5.92 Å². The lowest BCUT2D eigenvalue weighted by atomic mass is 9.78. The molecule has 0 aliphatic carbocycles. The molecule has 2 saturated heterocycles. The monoisotopic (exact) mass is 183 g/mol. The Morgan fingerprint density at radius 3 is 2.69 bits per heavy atom. The van der Waals surface area contributed by atoms with E-state index < -0.39 is 0 Å². The molecule has 2 aliphatic heterocycles. The number of hydrogen-bond acceptors (Lipinski definition) is 2. The van der Waals surface area contributed by atoms with Gasteiger partial charge in [-0.2, -0.15) is 0 Å². The van der Waals surface area contributed by atoms with Crippen LogP contribution in [0.2, 0.25) is 0 Å². The van der Waals surface area contributed by atoms with E-state index in [-0.39, 0.29) is 0 Å². The molecule has 0 radical (unpaired) electrons. The Balaban J connectivity index is 1.94. The lowest BCUT2D eigenvalue weighted by Gasteiger charge is -2.50. The van der Waals surface area contributed by atoms with Crippen molar-refractivity contribution in [3.05, 3.63) is 0 Å². The number of ether oxygens (including phenoxy) is 1. The van der Waals surface area contributed by atoms with E-state index in [0.717, 1.165) is 12.5 Å². The molecular formula is C11H21NO. The molecule has 0 aromatic heterocycles. The van der Waals surface area contributed by atoms with E-state index in [1.165, 1.54) is 25.9 Å². The minimum absolute atomic E-state index is 0.379. The fourth-order valence-electron chi connectivity index (χ4n) is 2.68. The molecule has 76 valence electrons. The summed E-state index contributed by atoms with van der Waals surface area (Å²) in [6.07, 6.45) is 3.09. The zero-order valence-electron chi connectivity index (χ0n) is 9.05. The second-order valence-corrected chi connectivity index (χ2v) is 4.89. The quantitative estimate of drug-likeness (QED) is 0.662. The first-order valence-corrected chi connectivity index (χ1v) is 5.52. The third kappa shape index (κ3) is 1.40. The van der Waals surface area contributed by atoms with Crippen molar-refractivity contribution in [2.24, 2.45) is 5.92 Å². The van der Waals surface area contributed by atoms with Crippen LogP contribution in [-0.2, 0) is 4.74 Å². The SMILES string of the molecule is CC(C)OC[C@]12CCN1CC[C@H]2C.